The molecule has 16 rings (SSSR count). The van der Waals surface area contributed by atoms with Gasteiger partial charge in [-0.1, -0.05) is 174 Å². The van der Waals surface area contributed by atoms with Crippen molar-refractivity contribution in [3.8, 4) is 44.5 Å². The van der Waals surface area contributed by atoms with E-state index in [9.17, 15) is 0 Å². The zero-order chi connectivity index (χ0) is 48.9. The Hall–Kier alpha value is -8.34. The summed E-state index contributed by atoms with van der Waals surface area (Å²) in [6.07, 6.45) is 0. The molecule has 1 aromatic heterocycles. The van der Waals surface area contributed by atoms with E-state index in [0.29, 0.717) is 0 Å². The highest BCUT2D eigenvalue weighted by atomic mass is 16.3. The molecule has 2 aliphatic heterocycles. The second kappa shape index (κ2) is 14.0. The summed E-state index contributed by atoms with van der Waals surface area (Å²) in [7, 11) is 0. The van der Waals surface area contributed by atoms with Crippen LogP contribution >= 0.6 is 0 Å². The van der Waals surface area contributed by atoms with Crippen LogP contribution in [-0.2, 0) is 16.2 Å². The molecule has 0 radical (unpaired) electrons. The molecule has 10 aromatic carbocycles. The fourth-order valence-electron chi connectivity index (χ4n) is 14.5. The van der Waals surface area contributed by atoms with Crippen molar-refractivity contribution in [2.24, 2.45) is 0 Å². The molecule has 0 saturated carbocycles. The molecule has 3 nitrogen and oxygen atoms in total. The third-order valence-corrected chi connectivity index (χ3v) is 18.0. The van der Waals surface area contributed by atoms with Gasteiger partial charge >= 0.3 is 0 Å². The number of hydrogen-bond acceptors (Lipinski definition) is 3. The highest BCUT2D eigenvalue weighted by molar-refractivity contribution is 7.01. The first-order valence-corrected chi connectivity index (χ1v) is 26.0. The Balaban J connectivity index is 1.03. The van der Waals surface area contributed by atoms with E-state index in [0.717, 1.165) is 39.0 Å². The van der Waals surface area contributed by atoms with E-state index in [2.05, 4.69) is 252 Å². The number of rotatable bonds is 4. The Labute approximate surface area is 427 Å². The summed E-state index contributed by atoms with van der Waals surface area (Å²) < 4.78 is 6.43. The largest absolute Gasteiger partial charge is 0.456 e. The summed E-state index contributed by atoms with van der Waals surface area (Å²) in [6, 6.07) is 76.0. The smallest absolute Gasteiger partial charge is 0.248 e. The Kier molecular flexibility index (Phi) is 7.92. The minimum atomic E-state index is -0.164. The van der Waals surface area contributed by atoms with Crippen LogP contribution in [0.5, 0.6) is 0 Å². The summed E-state index contributed by atoms with van der Waals surface area (Å²) in [5.41, 5.74) is 31.3. The van der Waals surface area contributed by atoms with Crippen molar-refractivity contribution in [1.29, 1.82) is 0 Å². The molecule has 0 fully saturated rings. The van der Waals surface area contributed by atoms with Crippen molar-refractivity contribution < 1.29 is 4.42 Å². The van der Waals surface area contributed by atoms with Gasteiger partial charge in [0.25, 0.3) is 0 Å². The fourth-order valence-corrected chi connectivity index (χ4v) is 14.5. The van der Waals surface area contributed by atoms with E-state index >= 15 is 0 Å². The lowest BCUT2D eigenvalue weighted by Crippen LogP contribution is -2.55. The van der Waals surface area contributed by atoms with Gasteiger partial charge in [0.2, 0.25) is 6.71 Å². The van der Waals surface area contributed by atoms with Crippen LogP contribution in [0.2, 0.25) is 0 Å². The van der Waals surface area contributed by atoms with Crippen LogP contribution in [0.15, 0.2) is 205 Å². The van der Waals surface area contributed by atoms with Crippen LogP contribution in [0.25, 0.3) is 66.4 Å². The molecule has 3 heterocycles. The number of furan rings is 1. The topological polar surface area (TPSA) is 19.6 Å². The fraction of sp³-hybridized carbons (Fsp3) is 0.130. The predicted molar refractivity (Wildman–Crippen MR) is 306 cm³/mol. The minimum absolute atomic E-state index is 0.0165. The van der Waals surface area contributed by atoms with Gasteiger partial charge in [-0.15, -0.1) is 0 Å². The molecule has 346 valence electrons. The van der Waals surface area contributed by atoms with E-state index in [4.69, 9.17) is 4.42 Å². The van der Waals surface area contributed by atoms with E-state index in [-0.39, 0.29) is 23.0 Å². The molecule has 0 saturated heterocycles. The maximum atomic E-state index is 6.43. The van der Waals surface area contributed by atoms with E-state index in [1.54, 1.807) is 0 Å². The first kappa shape index (κ1) is 41.3. The van der Waals surface area contributed by atoms with Gasteiger partial charge in [-0.2, -0.15) is 0 Å². The van der Waals surface area contributed by atoms with Crippen LogP contribution in [-0.4, -0.2) is 6.71 Å². The number of para-hydroxylation sites is 2. The number of nitrogens with zero attached hydrogens (tertiary/aromatic N) is 2. The zero-order valence-corrected chi connectivity index (χ0v) is 41.9. The first-order valence-electron chi connectivity index (χ1n) is 26.0. The summed E-state index contributed by atoms with van der Waals surface area (Å²) in [6.45, 7) is 14.5. The van der Waals surface area contributed by atoms with Crippen LogP contribution in [0.1, 0.15) is 74.9 Å². The monoisotopic (exact) mass is 934 g/mol. The summed E-state index contributed by atoms with van der Waals surface area (Å²) in [5.74, 6) is 0. The Morgan fingerprint density at radius 3 is 1.62 bits per heavy atom. The van der Waals surface area contributed by atoms with E-state index in [1.807, 2.05) is 0 Å². The van der Waals surface area contributed by atoms with Crippen LogP contribution in [0.4, 0.5) is 34.1 Å². The maximum absolute atomic E-state index is 6.43. The SMILES string of the molecule is CC1(C)c2ccccc2-c2cc(N3c4cc5c(cc4B4c6cc7c(cc6-c6cc(N(c8ccccc8)c8ccc9oc%10ccccc%10c9c8)cc3c64)-c3ccccc3C7(C)C)C(C)(C)c3ccccc3-5)ccc21. The molecule has 0 unspecified atom stereocenters. The Bertz CT molecular complexity index is 4270. The quantitative estimate of drug-likeness (QED) is 0.164. The summed E-state index contributed by atoms with van der Waals surface area (Å²) in [5, 5.41) is 2.22. The molecule has 0 bridgehead atoms. The molecular formula is C69H51BN2O. The average Bonchev–Trinajstić information content (AvgIpc) is 4.22. The second-order valence-electron chi connectivity index (χ2n) is 22.8. The molecule has 0 atom stereocenters. The van der Waals surface area contributed by atoms with E-state index in [1.165, 1.54) is 111 Å². The molecular weight excluding hydrogens is 884 g/mol. The number of fused-ring (bicyclic) bond motifs is 17. The normalized spacial score (nSPS) is 15.8. The van der Waals surface area contributed by atoms with E-state index < -0.39 is 0 Å². The molecule has 73 heavy (non-hydrogen) atoms. The number of hydrogen-bond donors (Lipinski definition) is 0. The first-order chi connectivity index (χ1) is 35.5. The summed E-state index contributed by atoms with van der Waals surface area (Å²) in [4.78, 5) is 5.11. The van der Waals surface area contributed by atoms with Crippen molar-refractivity contribution in [1.82, 2.24) is 0 Å². The lowest BCUT2D eigenvalue weighted by atomic mass is 9.36. The molecule has 5 aliphatic rings. The molecule has 4 heteroatoms. The second-order valence-corrected chi connectivity index (χ2v) is 22.8. The van der Waals surface area contributed by atoms with Crippen molar-refractivity contribution in [3.05, 3.63) is 234 Å². The molecule has 3 aliphatic carbocycles. The average molecular weight is 935 g/mol. The van der Waals surface area contributed by atoms with Gasteiger partial charge in [-0.3, -0.25) is 0 Å². The van der Waals surface area contributed by atoms with Gasteiger partial charge in [0.05, 0.1) is 0 Å². The highest BCUT2D eigenvalue weighted by Gasteiger charge is 2.48. The Morgan fingerprint density at radius 2 is 0.918 bits per heavy atom. The lowest BCUT2D eigenvalue weighted by molar-refractivity contribution is 0.660. The van der Waals surface area contributed by atoms with Crippen molar-refractivity contribution in [2.75, 3.05) is 9.80 Å². The molecule has 0 spiro atoms. The van der Waals surface area contributed by atoms with Gasteiger partial charge in [-0.05, 0) is 162 Å². The number of anilines is 6. The third kappa shape index (κ3) is 5.30. The molecule has 11 aromatic rings. The van der Waals surface area contributed by atoms with Crippen LogP contribution < -0.4 is 26.2 Å². The van der Waals surface area contributed by atoms with Gasteiger partial charge in [-0.25, -0.2) is 0 Å². The van der Waals surface area contributed by atoms with Gasteiger partial charge in [0.15, 0.2) is 0 Å². The highest BCUT2D eigenvalue weighted by Crippen LogP contribution is 2.56. The Morgan fingerprint density at radius 1 is 0.356 bits per heavy atom. The van der Waals surface area contributed by atoms with Gasteiger partial charge < -0.3 is 14.2 Å². The van der Waals surface area contributed by atoms with Crippen molar-refractivity contribution >= 4 is 79.2 Å². The zero-order valence-electron chi connectivity index (χ0n) is 41.9. The van der Waals surface area contributed by atoms with Crippen LogP contribution in [0.3, 0.4) is 0 Å². The van der Waals surface area contributed by atoms with Crippen molar-refractivity contribution in [3.63, 3.8) is 0 Å². The molecule has 0 amide bonds. The van der Waals surface area contributed by atoms with Crippen LogP contribution in [0, 0.1) is 0 Å². The maximum Gasteiger partial charge on any atom is 0.248 e. The summed E-state index contributed by atoms with van der Waals surface area (Å²) >= 11 is 0. The molecule has 0 N–H and O–H groups in total. The standard InChI is InChI=1S/C69H51BN2O/c1-67(2)54-24-14-10-20-44(54)48-32-42(28-30-57(48)67)72-62-37-50-46-22-12-16-26-56(46)69(5,6)59(50)39-61(62)70-60-38-58-49(45-21-11-15-25-55(45)68(58,3)4)36-51(60)53-34-43(35-63(72)66(53)70)71(40-18-8-7-9-19-40)41-29-31-65-52(33-41)47-23-13-17-27-64(47)73-65/h7-39H,1-6H3. The van der Waals surface area contributed by atoms with Crippen molar-refractivity contribution in [2.45, 2.75) is 57.8 Å². The van der Waals surface area contributed by atoms with Gasteiger partial charge in [0.1, 0.15) is 11.2 Å². The third-order valence-electron chi connectivity index (χ3n) is 18.0. The minimum Gasteiger partial charge on any atom is -0.456 e. The van der Waals surface area contributed by atoms with Gasteiger partial charge in [0, 0.05) is 61.1 Å². The predicted octanol–water partition coefficient (Wildman–Crippen LogP) is 16.3. The number of benzene rings is 10. The lowest BCUT2D eigenvalue weighted by Gasteiger charge is -2.38.